The highest BCUT2D eigenvalue weighted by atomic mass is 32.2. The van der Waals surface area contributed by atoms with E-state index >= 15 is 0 Å². The van der Waals surface area contributed by atoms with Crippen LogP contribution in [0.25, 0.3) is 0 Å². The van der Waals surface area contributed by atoms with Crippen molar-refractivity contribution in [2.24, 2.45) is 5.92 Å². The standard InChI is InChI=1S/C7H13NO4S/c1-13(11,12)5-7(10)8-2-6(3-8)4-9/h6,9H,2-5H2,1H3. The Labute approximate surface area is 77.3 Å². The number of carbonyl (C=O) groups excluding carboxylic acids is 1. The molecule has 0 bridgehead atoms. The molecule has 0 atom stereocenters. The van der Waals surface area contributed by atoms with Crippen LogP contribution in [0.1, 0.15) is 0 Å². The summed E-state index contributed by atoms with van der Waals surface area (Å²) in [4.78, 5) is 12.6. The van der Waals surface area contributed by atoms with Crippen LogP contribution in [0.4, 0.5) is 0 Å². The van der Waals surface area contributed by atoms with Crippen LogP contribution in [0.3, 0.4) is 0 Å². The maximum atomic E-state index is 11.2. The fraction of sp³-hybridized carbons (Fsp3) is 0.857. The molecule has 0 radical (unpaired) electrons. The molecule has 1 saturated heterocycles. The topological polar surface area (TPSA) is 74.7 Å². The normalized spacial score (nSPS) is 18.5. The quantitative estimate of drug-likeness (QED) is 0.610. The molecule has 1 rings (SSSR count). The maximum absolute atomic E-state index is 11.2. The van der Waals surface area contributed by atoms with E-state index in [0.29, 0.717) is 13.1 Å². The maximum Gasteiger partial charge on any atom is 0.237 e. The van der Waals surface area contributed by atoms with Crippen LogP contribution in [-0.2, 0) is 14.6 Å². The molecule has 0 unspecified atom stereocenters. The van der Waals surface area contributed by atoms with Crippen molar-refractivity contribution in [3.05, 3.63) is 0 Å². The fourth-order valence-corrected chi connectivity index (χ4v) is 1.84. The third-order valence-corrected chi connectivity index (χ3v) is 2.73. The average Bonchev–Trinajstić information content (AvgIpc) is 1.79. The van der Waals surface area contributed by atoms with Gasteiger partial charge in [-0.3, -0.25) is 4.79 Å². The van der Waals surface area contributed by atoms with Crippen LogP contribution < -0.4 is 0 Å². The number of nitrogens with zero attached hydrogens (tertiary/aromatic N) is 1. The molecule has 1 amide bonds. The van der Waals surface area contributed by atoms with Gasteiger partial charge in [-0.25, -0.2) is 8.42 Å². The zero-order valence-corrected chi connectivity index (χ0v) is 8.25. The van der Waals surface area contributed by atoms with Crippen molar-refractivity contribution in [2.45, 2.75) is 0 Å². The number of sulfone groups is 1. The second kappa shape index (κ2) is 3.63. The van der Waals surface area contributed by atoms with Crippen molar-refractivity contribution < 1.29 is 18.3 Å². The number of carbonyl (C=O) groups is 1. The molecule has 1 aliphatic rings. The van der Waals surface area contributed by atoms with Gasteiger partial charge in [0, 0.05) is 31.9 Å². The molecule has 13 heavy (non-hydrogen) atoms. The Bertz CT molecular complexity index is 292. The van der Waals surface area contributed by atoms with Gasteiger partial charge in [-0.05, 0) is 0 Å². The van der Waals surface area contributed by atoms with E-state index in [4.69, 9.17) is 5.11 Å². The monoisotopic (exact) mass is 207 g/mol. The Balaban J connectivity index is 2.36. The minimum Gasteiger partial charge on any atom is -0.396 e. The first kappa shape index (κ1) is 10.5. The first-order chi connectivity index (χ1) is 5.92. The molecule has 0 aromatic carbocycles. The minimum absolute atomic E-state index is 0.0582. The van der Waals surface area contributed by atoms with Crippen molar-refractivity contribution in [3.8, 4) is 0 Å². The van der Waals surface area contributed by atoms with Crippen LogP contribution in [0.15, 0.2) is 0 Å². The number of rotatable bonds is 3. The minimum atomic E-state index is -3.22. The molecular weight excluding hydrogens is 194 g/mol. The number of hydrogen-bond acceptors (Lipinski definition) is 4. The molecular formula is C7H13NO4S. The lowest BCUT2D eigenvalue weighted by Gasteiger charge is -2.38. The number of hydrogen-bond donors (Lipinski definition) is 1. The SMILES string of the molecule is CS(=O)(=O)CC(=O)N1CC(CO)C1. The summed E-state index contributed by atoms with van der Waals surface area (Å²) in [6.45, 7) is 1.01. The van der Waals surface area contributed by atoms with Gasteiger partial charge in [0.1, 0.15) is 5.75 Å². The van der Waals surface area contributed by atoms with Crippen molar-refractivity contribution in [1.82, 2.24) is 4.90 Å². The van der Waals surface area contributed by atoms with Crippen LogP contribution in [-0.4, -0.2) is 56.0 Å². The number of aliphatic hydroxyl groups excluding tert-OH is 1. The summed E-state index contributed by atoms with van der Waals surface area (Å²) < 4.78 is 21.5. The van der Waals surface area contributed by atoms with Gasteiger partial charge in [0.15, 0.2) is 9.84 Å². The molecule has 0 aromatic rings. The Morgan fingerprint density at radius 1 is 1.54 bits per heavy atom. The van der Waals surface area contributed by atoms with Crippen molar-refractivity contribution in [2.75, 3.05) is 31.7 Å². The molecule has 0 aliphatic carbocycles. The zero-order valence-electron chi connectivity index (χ0n) is 7.43. The van der Waals surface area contributed by atoms with Crippen molar-refractivity contribution in [1.29, 1.82) is 0 Å². The van der Waals surface area contributed by atoms with E-state index in [1.165, 1.54) is 4.90 Å². The smallest absolute Gasteiger partial charge is 0.237 e. The zero-order chi connectivity index (χ0) is 10.1. The second-order valence-corrected chi connectivity index (χ2v) is 5.56. The Morgan fingerprint density at radius 2 is 2.08 bits per heavy atom. The number of aliphatic hydroxyl groups is 1. The van der Waals surface area contributed by atoms with E-state index in [0.717, 1.165) is 6.26 Å². The molecule has 1 fully saturated rings. The summed E-state index contributed by atoms with van der Waals surface area (Å²) in [5, 5.41) is 8.66. The van der Waals surface area contributed by atoms with Crippen molar-refractivity contribution >= 4 is 15.7 Å². The molecule has 6 heteroatoms. The predicted octanol–water partition coefficient (Wildman–Crippen LogP) is -1.52. The predicted molar refractivity (Wildman–Crippen MR) is 46.9 cm³/mol. The second-order valence-electron chi connectivity index (χ2n) is 3.42. The molecule has 0 saturated carbocycles. The summed E-state index contributed by atoms with van der Waals surface area (Å²) in [6.07, 6.45) is 1.04. The van der Waals surface area contributed by atoms with Crippen molar-refractivity contribution in [3.63, 3.8) is 0 Å². The molecule has 1 aliphatic heterocycles. The summed E-state index contributed by atoms with van der Waals surface area (Å²) in [6, 6.07) is 0. The van der Waals surface area contributed by atoms with Gasteiger partial charge in [0.25, 0.3) is 0 Å². The summed E-state index contributed by atoms with van der Waals surface area (Å²) >= 11 is 0. The van der Waals surface area contributed by atoms with Gasteiger partial charge >= 0.3 is 0 Å². The van der Waals surface area contributed by atoms with E-state index in [1.54, 1.807) is 0 Å². The van der Waals surface area contributed by atoms with E-state index in [1.807, 2.05) is 0 Å². The van der Waals surface area contributed by atoms with Gasteiger partial charge in [-0.15, -0.1) is 0 Å². The first-order valence-electron chi connectivity index (χ1n) is 3.98. The van der Waals surface area contributed by atoms with Crippen LogP contribution in [0, 0.1) is 5.92 Å². The number of amides is 1. The highest BCUT2D eigenvalue weighted by molar-refractivity contribution is 7.91. The molecule has 76 valence electrons. The first-order valence-corrected chi connectivity index (χ1v) is 6.05. The van der Waals surface area contributed by atoms with Crippen LogP contribution in [0.2, 0.25) is 0 Å². The average molecular weight is 207 g/mol. The van der Waals surface area contributed by atoms with Gasteiger partial charge < -0.3 is 10.0 Å². The van der Waals surface area contributed by atoms with E-state index in [9.17, 15) is 13.2 Å². The van der Waals surface area contributed by atoms with Gasteiger partial charge in [0.05, 0.1) is 0 Å². The van der Waals surface area contributed by atoms with Gasteiger partial charge in [-0.2, -0.15) is 0 Å². The highest BCUT2D eigenvalue weighted by Gasteiger charge is 2.30. The van der Waals surface area contributed by atoms with Crippen LogP contribution in [0.5, 0.6) is 0 Å². The fourth-order valence-electron chi connectivity index (χ4n) is 1.20. The van der Waals surface area contributed by atoms with Gasteiger partial charge in [0.2, 0.25) is 5.91 Å². The summed E-state index contributed by atoms with van der Waals surface area (Å²) in [5.74, 6) is -0.666. The Morgan fingerprint density at radius 3 is 2.46 bits per heavy atom. The Hall–Kier alpha value is -0.620. The third-order valence-electron chi connectivity index (χ3n) is 1.95. The molecule has 1 heterocycles. The molecule has 0 spiro atoms. The molecule has 5 nitrogen and oxygen atoms in total. The summed E-state index contributed by atoms with van der Waals surface area (Å²) in [5.41, 5.74) is 0. The van der Waals surface area contributed by atoms with E-state index < -0.39 is 15.6 Å². The number of likely N-dealkylation sites (tertiary alicyclic amines) is 1. The summed E-state index contributed by atoms with van der Waals surface area (Å²) in [7, 11) is -3.22. The molecule has 0 aromatic heterocycles. The highest BCUT2D eigenvalue weighted by Crippen LogP contribution is 2.14. The van der Waals surface area contributed by atoms with E-state index in [-0.39, 0.29) is 18.4 Å². The lowest BCUT2D eigenvalue weighted by molar-refractivity contribution is -0.135. The van der Waals surface area contributed by atoms with Crippen LogP contribution >= 0.6 is 0 Å². The van der Waals surface area contributed by atoms with E-state index in [2.05, 4.69) is 0 Å². The lowest BCUT2D eigenvalue weighted by Crippen LogP contribution is -2.52. The third kappa shape index (κ3) is 2.96. The largest absolute Gasteiger partial charge is 0.396 e. The molecule has 1 N–H and O–H groups in total. The Kier molecular flexibility index (Phi) is 2.92. The van der Waals surface area contributed by atoms with Gasteiger partial charge in [-0.1, -0.05) is 0 Å². The lowest BCUT2D eigenvalue weighted by atomic mass is 10.0.